The summed E-state index contributed by atoms with van der Waals surface area (Å²) in [6.07, 6.45) is 0. The van der Waals surface area contributed by atoms with Crippen molar-refractivity contribution in [3.63, 3.8) is 0 Å². The molecule has 0 aliphatic carbocycles. The van der Waals surface area contributed by atoms with Crippen LogP contribution in [0.3, 0.4) is 0 Å². The van der Waals surface area contributed by atoms with Gasteiger partial charge in [0.1, 0.15) is 5.82 Å². The van der Waals surface area contributed by atoms with Crippen molar-refractivity contribution in [1.29, 1.82) is 0 Å². The van der Waals surface area contributed by atoms with Crippen LogP contribution in [0.4, 0.5) is 14.9 Å². The molecule has 28 heavy (non-hydrogen) atoms. The number of aliphatic carboxylic acids is 1. The van der Waals surface area contributed by atoms with Crippen LogP contribution in [0.25, 0.3) is 5.69 Å². The number of benzene rings is 2. The van der Waals surface area contributed by atoms with Crippen molar-refractivity contribution in [2.45, 2.75) is 19.9 Å². The van der Waals surface area contributed by atoms with Gasteiger partial charge in [-0.25, -0.2) is 18.7 Å². The fraction of sp³-hybridized carbons (Fsp3) is 0.150. The highest BCUT2D eigenvalue weighted by molar-refractivity contribution is 5.92. The Kier molecular flexibility index (Phi) is 5.39. The summed E-state index contributed by atoms with van der Waals surface area (Å²) in [6.45, 7) is 3.36. The average molecular weight is 382 g/mol. The number of hydrogen-bond donors (Lipinski definition) is 3. The van der Waals surface area contributed by atoms with E-state index in [2.05, 4.69) is 15.7 Å². The van der Waals surface area contributed by atoms with E-state index >= 15 is 0 Å². The molecular formula is C20H19FN4O3. The van der Waals surface area contributed by atoms with Crippen molar-refractivity contribution in [1.82, 2.24) is 15.1 Å². The molecule has 3 aromatic rings. The number of amides is 2. The average Bonchev–Trinajstić information content (AvgIpc) is 2.95. The second-order valence-corrected chi connectivity index (χ2v) is 6.21. The van der Waals surface area contributed by atoms with E-state index in [9.17, 15) is 19.1 Å². The van der Waals surface area contributed by atoms with Crippen LogP contribution in [0.15, 0.2) is 54.6 Å². The van der Waals surface area contributed by atoms with Crippen LogP contribution >= 0.6 is 0 Å². The van der Waals surface area contributed by atoms with Gasteiger partial charge < -0.3 is 15.7 Å². The second kappa shape index (κ2) is 7.91. The fourth-order valence-electron chi connectivity index (χ4n) is 2.98. The number of urea groups is 1. The molecule has 3 rings (SSSR count). The lowest BCUT2D eigenvalue weighted by atomic mass is 10.1. The molecule has 0 fully saturated rings. The van der Waals surface area contributed by atoms with Crippen molar-refractivity contribution in [2.75, 3.05) is 5.32 Å². The fourth-order valence-corrected chi connectivity index (χ4v) is 2.98. The highest BCUT2D eigenvalue weighted by Gasteiger charge is 2.29. The van der Waals surface area contributed by atoms with Gasteiger partial charge in [0, 0.05) is 16.9 Å². The number of anilines is 1. The minimum atomic E-state index is -1.29. The zero-order chi connectivity index (χ0) is 20.3. The molecule has 0 aliphatic heterocycles. The maximum atomic E-state index is 13.2. The van der Waals surface area contributed by atoms with E-state index in [0.717, 1.165) is 0 Å². The molecule has 7 nitrogen and oxygen atoms in total. The van der Waals surface area contributed by atoms with Gasteiger partial charge in [-0.05, 0) is 50.2 Å². The molecule has 0 radical (unpaired) electrons. The van der Waals surface area contributed by atoms with Crippen LogP contribution in [0.5, 0.6) is 0 Å². The van der Waals surface area contributed by atoms with Gasteiger partial charge in [0.25, 0.3) is 0 Å². The van der Waals surface area contributed by atoms with E-state index in [4.69, 9.17) is 0 Å². The molecule has 1 atom stereocenters. The van der Waals surface area contributed by atoms with Crippen LogP contribution in [0.2, 0.25) is 0 Å². The summed E-state index contributed by atoms with van der Waals surface area (Å²) in [6, 6.07) is 12.4. The summed E-state index contributed by atoms with van der Waals surface area (Å²) >= 11 is 0. The lowest BCUT2D eigenvalue weighted by Gasteiger charge is -2.16. The lowest BCUT2D eigenvalue weighted by molar-refractivity contribution is -0.139. The van der Waals surface area contributed by atoms with E-state index in [1.807, 2.05) is 0 Å². The summed E-state index contributed by atoms with van der Waals surface area (Å²) in [5.41, 5.74) is 2.50. The Bertz CT molecular complexity index is 1000. The van der Waals surface area contributed by atoms with Crippen LogP contribution in [-0.2, 0) is 4.79 Å². The third-order valence-electron chi connectivity index (χ3n) is 4.26. The third kappa shape index (κ3) is 4.01. The number of aromatic nitrogens is 2. The summed E-state index contributed by atoms with van der Waals surface area (Å²) < 4.78 is 14.7. The van der Waals surface area contributed by atoms with Crippen LogP contribution < -0.4 is 10.6 Å². The molecule has 3 N–H and O–H groups in total. The Morgan fingerprint density at radius 1 is 1.07 bits per heavy atom. The molecule has 0 saturated heterocycles. The quantitative estimate of drug-likeness (QED) is 0.628. The summed E-state index contributed by atoms with van der Waals surface area (Å²) in [5.74, 6) is -1.60. The minimum Gasteiger partial charge on any atom is -0.479 e. The lowest BCUT2D eigenvalue weighted by Crippen LogP contribution is -2.37. The predicted molar refractivity (Wildman–Crippen MR) is 102 cm³/mol. The molecule has 0 unspecified atom stereocenters. The number of carboxylic acid groups (broad SMARTS) is 1. The standard InChI is InChI=1S/C20H19FN4O3/c1-12-17(13(2)25(24-12)16-10-8-14(21)9-11-16)18(19(26)27)23-20(28)22-15-6-4-3-5-7-15/h3-11,18H,1-2H3,(H,26,27)(H2,22,23,28)/t18-/m1/s1. The van der Waals surface area contributed by atoms with Crippen LogP contribution in [0, 0.1) is 19.7 Å². The first-order chi connectivity index (χ1) is 13.4. The summed E-state index contributed by atoms with van der Waals surface area (Å²) in [4.78, 5) is 24.1. The molecule has 0 spiro atoms. The molecule has 0 saturated carbocycles. The number of hydrogen-bond acceptors (Lipinski definition) is 3. The predicted octanol–water partition coefficient (Wildman–Crippen LogP) is 3.58. The van der Waals surface area contributed by atoms with E-state index in [-0.39, 0.29) is 5.82 Å². The van der Waals surface area contributed by atoms with Crippen LogP contribution in [0.1, 0.15) is 23.0 Å². The minimum absolute atomic E-state index is 0.375. The number of carbonyl (C=O) groups excluding carboxylic acids is 1. The number of halogens is 1. The van der Waals surface area contributed by atoms with Crippen LogP contribution in [-0.4, -0.2) is 26.9 Å². The number of nitrogens with zero attached hydrogens (tertiary/aromatic N) is 2. The Morgan fingerprint density at radius 3 is 2.32 bits per heavy atom. The molecule has 0 bridgehead atoms. The number of aryl methyl sites for hydroxylation is 1. The number of para-hydroxylation sites is 1. The highest BCUT2D eigenvalue weighted by Crippen LogP contribution is 2.25. The van der Waals surface area contributed by atoms with Gasteiger partial charge in [-0.2, -0.15) is 5.10 Å². The molecule has 1 heterocycles. The second-order valence-electron chi connectivity index (χ2n) is 6.21. The maximum Gasteiger partial charge on any atom is 0.331 e. The monoisotopic (exact) mass is 382 g/mol. The molecular weight excluding hydrogens is 363 g/mol. The highest BCUT2D eigenvalue weighted by atomic mass is 19.1. The Morgan fingerprint density at radius 2 is 1.71 bits per heavy atom. The van der Waals surface area contributed by atoms with Crippen molar-refractivity contribution >= 4 is 17.7 Å². The van der Waals surface area contributed by atoms with E-state index in [1.165, 1.54) is 16.8 Å². The molecule has 2 aromatic carbocycles. The first kappa shape index (κ1) is 19.1. The SMILES string of the molecule is Cc1nn(-c2ccc(F)cc2)c(C)c1[C@@H](NC(=O)Nc1ccccc1)C(=O)O. The maximum absolute atomic E-state index is 13.2. The van der Waals surface area contributed by atoms with E-state index in [1.54, 1.807) is 56.3 Å². The number of nitrogens with one attached hydrogen (secondary N) is 2. The van der Waals surface area contributed by atoms with Crippen molar-refractivity contribution in [3.05, 3.63) is 77.4 Å². The van der Waals surface area contributed by atoms with E-state index < -0.39 is 18.0 Å². The smallest absolute Gasteiger partial charge is 0.331 e. The topological polar surface area (TPSA) is 96.3 Å². The molecule has 144 valence electrons. The van der Waals surface area contributed by atoms with Gasteiger partial charge in [0.15, 0.2) is 6.04 Å². The first-order valence-electron chi connectivity index (χ1n) is 8.54. The zero-order valence-corrected chi connectivity index (χ0v) is 15.3. The molecule has 0 aliphatic rings. The van der Waals surface area contributed by atoms with Gasteiger partial charge in [0.2, 0.25) is 0 Å². The Labute approximate surface area is 160 Å². The first-order valence-corrected chi connectivity index (χ1v) is 8.54. The normalized spacial score (nSPS) is 11.7. The van der Waals surface area contributed by atoms with Gasteiger partial charge in [0.05, 0.1) is 11.4 Å². The van der Waals surface area contributed by atoms with Gasteiger partial charge in [-0.1, -0.05) is 18.2 Å². The van der Waals surface area contributed by atoms with E-state index in [0.29, 0.717) is 28.3 Å². The molecule has 2 amide bonds. The number of carbonyl (C=O) groups is 2. The van der Waals surface area contributed by atoms with Gasteiger partial charge >= 0.3 is 12.0 Å². The molecule has 8 heteroatoms. The summed E-state index contributed by atoms with van der Waals surface area (Å²) in [7, 11) is 0. The Hall–Kier alpha value is -3.68. The summed E-state index contributed by atoms with van der Waals surface area (Å²) in [5, 5.41) is 19.1. The van der Waals surface area contributed by atoms with Crippen molar-refractivity contribution in [3.8, 4) is 5.69 Å². The Balaban J connectivity index is 1.89. The van der Waals surface area contributed by atoms with Crippen molar-refractivity contribution in [2.24, 2.45) is 0 Å². The zero-order valence-electron chi connectivity index (χ0n) is 15.3. The van der Waals surface area contributed by atoms with Crippen molar-refractivity contribution < 1.29 is 19.1 Å². The van der Waals surface area contributed by atoms with Gasteiger partial charge in [-0.15, -0.1) is 0 Å². The third-order valence-corrected chi connectivity index (χ3v) is 4.26. The number of rotatable bonds is 5. The largest absolute Gasteiger partial charge is 0.479 e. The number of carboxylic acids is 1. The van der Waals surface area contributed by atoms with Gasteiger partial charge in [-0.3, -0.25) is 0 Å². The molecule has 1 aromatic heterocycles.